The molecule has 14 heavy (non-hydrogen) atoms. The van der Waals surface area contributed by atoms with Gasteiger partial charge in [-0.1, -0.05) is 0 Å². The van der Waals surface area contributed by atoms with Gasteiger partial charge in [-0.25, -0.2) is 0 Å². The van der Waals surface area contributed by atoms with Gasteiger partial charge in [-0.05, 0) is 19.2 Å². The minimum atomic E-state index is 0.176. The topological polar surface area (TPSA) is 45.2 Å². The molecule has 2 heterocycles. The summed E-state index contributed by atoms with van der Waals surface area (Å²) in [6, 6.07) is 3.99. The lowest BCUT2D eigenvalue weighted by Gasteiger charge is -2.15. The Kier molecular flexibility index (Phi) is 2.45. The van der Waals surface area contributed by atoms with Gasteiger partial charge in [0.05, 0.1) is 0 Å². The summed E-state index contributed by atoms with van der Waals surface area (Å²) in [5.41, 5.74) is 0.933. The maximum Gasteiger partial charge on any atom is 0.228 e. The van der Waals surface area contributed by atoms with Gasteiger partial charge in [0, 0.05) is 37.1 Å². The van der Waals surface area contributed by atoms with E-state index >= 15 is 0 Å². The van der Waals surface area contributed by atoms with E-state index in [2.05, 4.69) is 10.3 Å². The summed E-state index contributed by atoms with van der Waals surface area (Å²) >= 11 is 0. The molecule has 74 valence electrons. The van der Waals surface area contributed by atoms with E-state index < -0.39 is 0 Å². The maximum atomic E-state index is 11.6. The maximum absolute atomic E-state index is 11.6. The first-order chi connectivity index (χ1) is 6.81. The van der Waals surface area contributed by atoms with Crippen LogP contribution in [0.15, 0.2) is 24.5 Å². The second-order valence-corrected chi connectivity index (χ2v) is 3.40. The Hall–Kier alpha value is -1.42. The van der Waals surface area contributed by atoms with E-state index in [0.717, 1.165) is 12.2 Å². The zero-order valence-corrected chi connectivity index (χ0v) is 8.10. The molecule has 1 saturated heterocycles. The molecule has 1 aromatic heterocycles. The van der Waals surface area contributed by atoms with Crippen LogP contribution in [-0.4, -0.2) is 30.5 Å². The first kappa shape index (κ1) is 9.15. The summed E-state index contributed by atoms with van der Waals surface area (Å²) in [5.74, 6) is 0.176. The molecule has 0 aliphatic carbocycles. The third-order valence-electron chi connectivity index (χ3n) is 2.51. The molecular formula is C10H13N3O. The molecule has 2 rings (SSSR count). The van der Waals surface area contributed by atoms with Gasteiger partial charge in [-0.15, -0.1) is 0 Å². The molecule has 1 aliphatic rings. The molecule has 1 fully saturated rings. The largest absolute Gasteiger partial charge is 0.315 e. The van der Waals surface area contributed by atoms with E-state index in [1.807, 2.05) is 19.2 Å². The number of amides is 1. The molecule has 1 unspecified atom stereocenters. The first-order valence-corrected chi connectivity index (χ1v) is 4.69. The number of hydrogen-bond acceptors (Lipinski definition) is 3. The number of carbonyl (C=O) groups is 1. The Balaban J connectivity index is 2.17. The number of aromatic nitrogens is 1. The molecule has 1 N–H and O–H groups in total. The summed E-state index contributed by atoms with van der Waals surface area (Å²) in [6.07, 6.45) is 3.99. The second-order valence-electron chi connectivity index (χ2n) is 3.40. The van der Waals surface area contributed by atoms with Crippen molar-refractivity contribution in [3.8, 4) is 0 Å². The standard InChI is InChI=1S/C10H13N3O/c1-11-8-6-10(14)13(7-8)9-2-4-12-5-3-9/h2-5,8,11H,6-7H2,1H3. The second kappa shape index (κ2) is 3.75. The normalized spacial score (nSPS) is 21.6. The first-order valence-electron chi connectivity index (χ1n) is 4.69. The Labute approximate surface area is 82.9 Å². The molecule has 0 spiro atoms. The smallest absolute Gasteiger partial charge is 0.228 e. The molecule has 0 aromatic carbocycles. The molecule has 1 amide bonds. The number of carbonyl (C=O) groups excluding carboxylic acids is 1. The molecule has 0 radical (unpaired) electrons. The van der Waals surface area contributed by atoms with E-state index in [0.29, 0.717) is 6.42 Å². The van der Waals surface area contributed by atoms with Crippen molar-refractivity contribution in [3.63, 3.8) is 0 Å². The van der Waals surface area contributed by atoms with Crippen molar-refractivity contribution in [3.05, 3.63) is 24.5 Å². The molecule has 1 aromatic rings. The van der Waals surface area contributed by atoms with Gasteiger partial charge < -0.3 is 10.2 Å². The number of nitrogens with zero attached hydrogens (tertiary/aromatic N) is 2. The van der Waals surface area contributed by atoms with E-state index in [9.17, 15) is 4.79 Å². The van der Waals surface area contributed by atoms with Crippen LogP contribution in [-0.2, 0) is 4.79 Å². The lowest BCUT2D eigenvalue weighted by atomic mass is 10.3. The number of hydrogen-bond donors (Lipinski definition) is 1. The fourth-order valence-corrected chi connectivity index (χ4v) is 1.67. The van der Waals surface area contributed by atoms with Gasteiger partial charge in [0.2, 0.25) is 5.91 Å². The van der Waals surface area contributed by atoms with E-state index in [1.165, 1.54) is 0 Å². The molecule has 0 saturated carbocycles. The Morgan fingerprint density at radius 3 is 2.79 bits per heavy atom. The highest BCUT2D eigenvalue weighted by Crippen LogP contribution is 2.19. The zero-order chi connectivity index (χ0) is 9.97. The number of likely N-dealkylation sites (N-methyl/N-ethyl adjacent to an activating group) is 1. The number of nitrogens with one attached hydrogen (secondary N) is 1. The van der Waals surface area contributed by atoms with Crippen molar-refractivity contribution in [2.45, 2.75) is 12.5 Å². The van der Waals surface area contributed by atoms with Crippen LogP contribution in [0.5, 0.6) is 0 Å². The number of anilines is 1. The van der Waals surface area contributed by atoms with Gasteiger partial charge in [-0.2, -0.15) is 0 Å². The van der Waals surface area contributed by atoms with Crippen LogP contribution < -0.4 is 10.2 Å². The van der Waals surface area contributed by atoms with Gasteiger partial charge in [-0.3, -0.25) is 9.78 Å². The van der Waals surface area contributed by atoms with Crippen LogP contribution in [0.4, 0.5) is 5.69 Å². The van der Waals surface area contributed by atoms with E-state index in [-0.39, 0.29) is 11.9 Å². The average Bonchev–Trinajstić information content (AvgIpc) is 2.61. The van der Waals surface area contributed by atoms with Crippen molar-refractivity contribution in [1.82, 2.24) is 10.3 Å². The van der Waals surface area contributed by atoms with Gasteiger partial charge in [0.1, 0.15) is 0 Å². The summed E-state index contributed by atoms with van der Waals surface area (Å²) in [5, 5.41) is 3.12. The zero-order valence-electron chi connectivity index (χ0n) is 8.10. The highest BCUT2D eigenvalue weighted by molar-refractivity contribution is 5.96. The summed E-state index contributed by atoms with van der Waals surface area (Å²) in [6.45, 7) is 0.749. The summed E-state index contributed by atoms with van der Waals surface area (Å²) in [4.78, 5) is 17.3. The predicted molar refractivity (Wildman–Crippen MR) is 54.1 cm³/mol. The van der Waals surface area contributed by atoms with Gasteiger partial charge >= 0.3 is 0 Å². The van der Waals surface area contributed by atoms with Gasteiger partial charge in [0.25, 0.3) is 0 Å². The van der Waals surface area contributed by atoms with Crippen LogP contribution in [0.3, 0.4) is 0 Å². The molecule has 4 heteroatoms. The van der Waals surface area contributed by atoms with Crippen molar-refractivity contribution >= 4 is 11.6 Å². The third kappa shape index (κ3) is 1.61. The quantitative estimate of drug-likeness (QED) is 0.736. The van der Waals surface area contributed by atoms with Crippen molar-refractivity contribution < 1.29 is 4.79 Å². The van der Waals surface area contributed by atoms with Crippen LogP contribution in [0, 0.1) is 0 Å². The number of pyridine rings is 1. The van der Waals surface area contributed by atoms with Crippen LogP contribution in [0.25, 0.3) is 0 Å². The minimum Gasteiger partial charge on any atom is -0.315 e. The fourth-order valence-electron chi connectivity index (χ4n) is 1.67. The Morgan fingerprint density at radius 1 is 1.50 bits per heavy atom. The fraction of sp³-hybridized carbons (Fsp3) is 0.400. The molecule has 4 nitrogen and oxygen atoms in total. The SMILES string of the molecule is CNC1CC(=O)N(c2ccncc2)C1. The van der Waals surface area contributed by atoms with Gasteiger partial charge in [0.15, 0.2) is 0 Å². The molecule has 1 aliphatic heterocycles. The molecule has 0 bridgehead atoms. The Bertz CT molecular complexity index is 325. The van der Waals surface area contributed by atoms with Crippen LogP contribution in [0.1, 0.15) is 6.42 Å². The minimum absolute atomic E-state index is 0.176. The summed E-state index contributed by atoms with van der Waals surface area (Å²) < 4.78 is 0. The van der Waals surface area contributed by atoms with Crippen molar-refractivity contribution in [1.29, 1.82) is 0 Å². The lowest BCUT2D eigenvalue weighted by Crippen LogP contribution is -2.30. The molecule has 1 atom stereocenters. The predicted octanol–water partition coefficient (Wildman–Crippen LogP) is 0.406. The highest BCUT2D eigenvalue weighted by atomic mass is 16.2. The highest BCUT2D eigenvalue weighted by Gasteiger charge is 2.29. The molecular weight excluding hydrogens is 178 g/mol. The van der Waals surface area contributed by atoms with Crippen LogP contribution >= 0.6 is 0 Å². The number of rotatable bonds is 2. The Morgan fingerprint density at radius 2 is 2.21 bits per heavy atom. The van der Waals surface area contributed by atoms with Crippen LogP contribution in [0.2, 0.25) is 0 Å². The van der Waals surface area contributed by atoms with Crippen molar-refractivity contribution in [2.75, 3.05) is 18.5 Å². The summed E-state index contributed by atoms with van der Waals surface area (Å²) in [7, 11) is 1.88. The average molecular weight is 191 g/mol. The third-order valence-corrected chi connectivity index (χ3v) is 2.51. The van der Waals surface area contributed by atoms with E-state index in [1.54, 1.807) is 17.3 Å². The van der Waals surface area contributed by atoms with Crippen molar-refractivity contribution in [2.24, 2.45) is 0 Å². The van der Waals surface area contributed by atoms with E-state index in [4.69, 9.17) is 0 Å². The lowest BCUT2D eigenvalue weighted by molar-refractivity contribution is -0.117. The monoisotopic (exact) mass is 191 g/mol.